The third kappa shape index (κ3) is 2.82. The van der Waals surface area contributed by atoms with Gasteiger partial charge in [0.15, 0.2) is 0 Å². The maximum absolute atomic E-state index is 14.5. The lowest BCUT2D eigenvalue weighted by Gasteiger charge is -2.22. The normalized spacial score (nSPS) is 12.7. The first-order chi connectivity index (χ1) is 15.2. The van der Waals surface area contributed by atoms with Gasteiger partial charge in [-0.2, -0.15) is 0 Å². The summed E-state index contributed by atoms with van der Waals surface area (Å²) in [4.78, 5) is 0. The molecule has 3 heterocycles. The van der Waals surface area contributed by atoms with Crippen molar-refractivity contribution in [1.82, 2.24) is 9.13 Å². The van der Waals surface area contributed by atoms with Gasteiger partial charge in [0, 0.05) is 29.6 Å². The van der Waals surface area contributed by atoms with E-state index in [1.165, 1.54) is 40.4 Å². The summed E-state index contributed by atoms with van der Waals surface area (Å²) in [5, 5.41) is 1.25. The average Bonchev–Trinajstić information content (AvgIpc) is 3.35. The van der Waals surface area contributed by atoms with Gasteiger partial charge in [-0.1, -0.05) is 42.5 Å². The summed E-state index contributed by atoms with van der Waals surface area (Å²) >= 11 is 0. The number of aryl methyl sites for hydroxylation is 1. The van der Waals surface area contributed by atoms with Crippen molar-refractivity contribution in [3.8, 4) is 22.6 Å². The molecule has 0 aliphatic carbocycles. The Labute approximate surface area is 179 Å². The minimum absolute atomic E-state index is 0.207. The Morgan fingerprint density at radius 1 is 0.742 bits per heavy atom. The maximum atomic E-state index is 14.5. The Morgan fingerprint density at radius 3 is 2.32 bits per heavy atom. The summed E-state index contributed by atoms with van der Waals surface area (Å²) in [5.74, 6) is -0.437. The molecule has 152 valence electrons. The predicted molar refractivity (Wildman–Crippen MR) is 120 cm³/mol. The van der Waals surface area contributed by atoms with Crippen molar-refractivity contribution in [1.29, 1.82) is 0 Å². The quantitative estimate of drug-likeness (QED) is 0.315. The molecule has 5 aromatic rings. The smallest absolute Gasteiger partial charge is 0.132 e. The Kier molecular flexibility index (Phi) is 4.06. The Hall–Kier alpha value is -3.66. The number of hydrogen-bond donors (Lipinski definition) is 0. The molecular weight excluding hydrogens is 390 g/mol. The highest BCUT2D eigenvalue weighted by molar-refractivity contribution is 5.92. The first-order valence-electron chi connectivity index (χ1n) is 10.5. The van der Waals surface area contributed by atoms with E-state index < -0.39 is 0 Å². The number of para-hydroxylation sites is 1. The van der Waals surface area contributed by atoms with E-state index in [0.717, 1.165) is 29.9 Å². The second-order valence-electron chi connectivity index (χ2n) is 8.04. The van der Waals surface area contributed by atoms with Crippen LogP contribution >= 0.6 is 0 Å². The van der Waals surface area contributed by atoms with Crippen molar-refractivity contribution < 1.29 is 8.78 Å². The topological polar surface area (TPSA) is 9.86 Å². The molecule has 1 aliphatic rings. The van der Waals surface area contributed by atoms with Crippen LogP contribution in [0.4, 0.5) is 8.78 Å². The Morgan fingerprint density at radius 2 is 1.48 bits per heavy atom. The van der Waals surface area contributed by atoms with Crippen LogP contribution in [-0.2, 0) is 19.5 Å². The third-order valence-electron chi connectivity index (χ3n) is 6.29. The maximum Gasteiger partial charge on any atom is 0.132 e. The number of benzene rings is 3. The summed E-state index contributed by atoms with van der Waals surface area (Å²) < 4.78 is 32.5. The molecule has 0 radical (unpaired) electrons. The molecule has 1 aliphatic heterocycles. The summed E-state index contributed by atoms with van der Waals surface area (Å²) in [6.07, 6.45) is 0.884. The van der Waals surface area contributed by atoms with Crippen LogP contribution in [0.5, 0.6) is 0 Å². The van der Waals surface area contributed by atoms with E-state index in [9.17, 15) is 8.78 Å². The highest BCUT2D eigenvalue weighted by Crippen LogP contribution is 2.41. The Balaban J connectivity index is 1.57. The number of rotatable bonds is 3. The molecule has 31 heavy (non-hydrogen) atoms. The highest BCUT2D eigenvalue weighted by Gasteiger charge is 2.26. The fraction of sp³-hybridized carbons (Fsp3) is 0.111. The first kappa shape index (κ1) is 18.1. The lowest BCUT2D eigenvalue weighted by Crippen LogP contribution is -2.14. The van der Waals surface area contributed by atoms with Crippen molar-refractivity contribution in [2.24, 2.45) is 0 Å². The molecule has 2 nitrogen and oxygen atoms in total. The zero-order valence-electron chi connectivity index (χ0n) is 16.9. The minimum atomic E-state index is -0.230. The van der Waals surface area contributed by atoms with Crippen LogP contribution in [-0.4, -0.2) is 9.13 Å². The van der Waals surface area contributed by atoms with E-state index in [2.05, 4.69) is 39.5 Å². The van der Waals surface area contributed by atoms with E-state index in [-0.39, 0.29) is 11.6 Å². The van der Waals surface area contributed by atoms with Crippen molar-refractivity contribution in [2.45, 2.75) is 19.5 Å². The van der Waals surface area contributed by atoms with Crippen LogP contribution in [0, 0.1) is 11.6 Å². The molecule has 0 atom stereocenters. The number of nitrogens with zero attached hydrogens (tertiary/aromatic N) is 2. The van der Waals surface area contributed by atoms with E-state index in [1.54, 1.807) is 6.07 Å². The molecule has 0 saturated carbocycles. The van der Waals surface area contributed by atoms with Crippen LogP contribution in [0.2, 0.25) is 0 Å². The van der Waals surface area contributed by atoms with Crippen molar-refractivity contribution in [3.05, 3.63) is 108 Å². The molecule has 0 bridgehead atoms. The summed E-state index contributed by atoms with van der Waals surface area (Å²) in [5.41, 5.74) is 7.32. The molecule has 3 aromatic carbocycles. The lowest BCUT2D eigenvalue weighted by molar-refractivity contribution is 0.624. The van der Waals surface area contributed by atoms with Crippen LogP contribution in [0.25, 0.3) is 33.5 Å². The fourth-order valence-electron chi connectivity index (χ4n) is 4.90. The van der Waals surface area contributed by atoms with Gasteiger partial charge < -0.3 is 9.13 Å². The molecule has 0 N–H and O–H groups in total. The average molecular weight is 410 g/mol. The van der Waals surface area contributed by atoms with Crippen LogP contribution in [0.1, 0.15) is 11.1 Å². The van der Waals surface area contributed by atoms with Gasteiger partial charge in [-0.05, 0) is 60.0 Å². The number of fused-ring (bicyclic) bond motifs is 5. The van der Waals surface area contributed by atoms with Gasteiger partial charge in [0.2, 0.25) is 0 Å². The number of hydrogen-bond acceptors (Lipinski definition) is 0. The van der Waals surface area contributed by atoms with E-state index in [0.29, 0.717) is 12.1 Å². The molecule has 0 saturated heterocycles. The summed E-state index contributed by atoms with van der Waals surface area (Å²) in [7, 11) is 0. The van der Waals surface area contributed by atoms with E-state index in [4.69, 9.17) is 0 Å². The third-order valence-corrected chi connectivity index (χ3v) is 6.29. The van der Waals surface area contributed by atoms with Crippen molar-refractivity contribution in [3.63, 3.8) is 0 Å². The predicted octanol–water partition coefficient (Wildman–Crippen LogP) is 6.66. The lowest BCUT2D eigenvalue weighted by atomic mass is 10.0. The van der Waals surface area contributed by atoms with Crippen LogP contribution in [0.15, 0.2) is 84.9 Å². The fourth-order valence-corrected chi connectivity index (χ4v) is 4.90. The van der Waals surface area contributed by atoms with Crippen molar-refractivity contribution in [2.75, 3.05) is 0 Å². The molecule has 6 rings (SSSR count). The second kappa shape index (κ2) is 6.95. The number of halogens is 2. The minimum Gasteiger partial charge on any atom is -0.339 e. The van der Waals surface area contributed by atoms with Gasteiger partial charge in [0.25, 0.3) is 0 Å². The zero-order chi connectivity index (χ0) is 20.9. The largest absolute Gasteiger partial charge is 0.339 e. The standard InChI is InChI=1S/C27H20F2N2/c28-19-11-9-18(10-12-19)17-31-24-8-4-2-5-20(24)21-15-16-30-25(13-14-26(30)27(21)31)22-6-1-3-7-23(22)29/h1-14H,15-17H2. The van der Waals surface area contributed by atoms with Gasteiger partial charge in [0.1, 0.15) is 11.6 Å². The Bertz CT molecular complexity index is 1420. The molecule has 0 amide bonds. The van der Waals surface area contributed by atoms with Gasteiger partial charge >= 0.3 is 0 Å². The van der Waals surface area contributed by atoms with Gasteiger partial charge in [-0.25, -0.2) is 8.78 Å². The first-order valence-corrected chi connectivity index (χ1v) is 10.5. The molecule has 4 heteroatoms. The molecule has 2 aromatic heterocycles. The second-order valence-corrected chi connectivity index (χ2v) is 8.04. The SMILES string of the molecule is Fc1ccc(Cn2c3c(c4ccccc42)CCn2c(-c4ccccc4F)ccc2-3)cc1. The van der Waals surface area contributed by atoms with E-state index >= 15 is 0 Å². The molecule has 0 spiro atoms. The van der Waals surface area contributed by atoms with Crippen LogP contribution in [0.3, 0.4) is 0 Å². The zero-order valence-corrected chi connectivity index (χ0v) is 16.9. The molecule has 0 fully saturated rings. The monoisotopic (exact) mass is 410 g/mol. The van der Waals surface area contributed by atoms with Gasteiger partial charge in [-0.3, -0.25) is 0 Å². The van der Waals surface area contributed by atoms with Crippen LogP contribution < -0.4 is 0 Å². The summed E-state index contributed by atoms with van der Waals surface area (Å²) in [6.45, 7) is 1.46. The summed E-state index contributed by atoms with van der Waals surface area (Å²) in [6, 6.07) is 26.2. The van der Waals surface area contributed by atoms with Gasteiger partial charge in [-0.15, -0.1) is 0 Å². The van der Waals surface area contributed by atoms with Gasteiger partial charge in [0.05, 0.1) is 17.1 Å². The van der Waals surface area contributed by atoms with Crippen molar-refractivity contribution >= 4 is 10.9 Å². The highest BCUT2D eigenvalue weighted by atomic mass is 19.1. The van der Waals surface area contributed by atoms with E-state index in [1.807, 2.05) is 30.3 Å². The molecular formula is C27H20F2N2. The molecule has 0 unspecified atom stereocenters. The number of aromatic nitrogens is 2.